The van der Waals surface area contributed by atoms with Crippen LogP contribution in [0.25, 0.3) is 5.65 Å². The van der Waals surface area contributed by atoms with E-state index in [9.17, 15) is 4.79 Å². The number of aryl methyl sites for hydroxylation is 1. The molecule has 0 unspecified atom stereocenters. The molecule has 2 rings (SSSR count). The number of likely N-dealkylation sites (N-methyl/N-ethyl adjacent to an activating group) is 1. The van der Waals surface area contributed by atoms with E-state index in [4.69, 9.17) is 0 Å². The smallest absolute Gasteiger partial charge is 0.271 e. The van der Waals surface area contributed by atoms with Gasteiger partial charge in [0.25, 0.3) is 5.91 Å². The van der Waals surface area contributed by atoms with Gasteiger partial charge in [-0.25, -0.2) is 4.98 Å². The van der Waals surface area contributed by atoms with Gasteiger partial charge in [0.15, 0.2) is 0 Å². The van der Waals surface area contributed by atoms with E-state index >= 15 is 0 Å². The highest BCUT2D eigenvalue weighted by molar-refractivity contribution is 5.92. The number of hydrogen-bond acceptors (Lipinski definition) is 3. The van der Waals surface area contributed by atoms with Crippen molar-refractivity contribution in [2.45, 2.75) is 6.92 Å². The van der Waals surface area contributed by atoms with Crippen LogP contribution in [0.2, 0.25) is 0 Å². The highest BCUT2D eigenvalue weighted by Gasteiger charge is 2.10. The van der Waals surface area contributed by atoms with Gasteiger partial charge < -0.3 is 14.6 Å². The summed E-state index contributed by atoms with van der Waals surface area (Å²) in [6, 6.07) is 5.82. The number of imidazole rings is 1. The number of pyridine rings is 1. The zero-order chi connectivity index (χ0) is 13.1. The van der Waals surface area contributed by atoms with E-state index in [0.717, 1.165) is 17.9 Å². The normalized spacial score (nSPS) is 11.1. The lowest BCUT2D eigenvalue weighted by Crippen LogP contribution is -2.31. The summed E-state index contributed by atoms with van der Waals surface area (Å²) in [5.74, 6) is -0.125. The number of hydrogen-bond donors (Lipinski definition) is 1. The van der Waals surface area contributed by atoms with Gasteiger partial charge in [0, 0.05) is 25.0 Å². The molecule has 18 heavy (non-hydrogen) atoms. The van der Waals surface area contributed by atoms with E-state index < -0.39 is 0 Å². The number of carbonyl (C=O) groups excluding carboxylic acids is 1. The van der Waals surface area contributed by atoms with Crippen molar-refractivity contribution in [3.63, 3.8) is 0 Å². The van der Waals surface area contributed by atoms with E-state index in [1.807, 2.05) is 48.5 Å². The Balaban J connectivity index is 2.11. The molecule has 5 nitrogen and oxygen atoms in total. The highest BCUT2D eigenvalue weighted by Crippen LogP contribution is 2.08. The fraction of sp³-hybridized carbons (Fsp3) is 0.385. The summed E-state index contributed by atoms with van der Waals surface area (Å²) in [5, 5.41) is 2.85. The zero-order valence-electron chi connectivity index (χ0n) is 11.0. The van der Waals surface area contributed by atoms with Crippen LogP contribution in [-0.4, -0.2) is 47.4 Å². The Labute approximate surface area is 106 Å². The van der Waals surface area contributed by atoms with Crippen LogP contribution in [0.1, 0.15) is 16.2 Å². The molecular weight excluding hydrogens is 228 g/mol. The number of nitrogens with zero attached hydrogens (tertiary/aromatic N) is 3. The fourth-order valence-corrected chi connectivity index (χ4v) is 1.74. The molecule has 2 heterocycles. The van der Waals surface area contributed by atoms with Crippen molar-refractivity contribution in [2.75, 3.05) is 27.2 Å². The van der Waals surface area contributed by atoms with Gasteiger partial charge >= 0.3 is 0 Å². The van der Waals surface area contributed by atoms with Gasteiger partial charge in [0.2, 0.25) is 0 Å². The summed E-state index contributed by atoms with van der Waals surface area (Å²) in [5.41, 5.74) is 2.32. The van der Waals surface area contributed by atoms with E-state index in [1.54, 1.807) is 6.20 Å². The molecule has 2 aromatic rings. The first-order chi connectivity index (χ1) is 8.58. The number of fused-ring (bicyclic) bond motifs is 1. The third-order valence-electron chi connectivity index (χ3n) is 2.77. The van der Waals surface area contributed by atoms with Crippen molar-refractivity contribution in [3.05, 3.63) is 35.8 Å². The van der Waals surface area contributed by atoms with Crippen LogP contribution in [0, 0.1) is 6.92 Å². The molecule has 5 heteroatoms. The Morgan fingerprint density at radius 3 is 2.89 bits per heavy atom. The summed E-state index contributed by atoms with van der Waals surface area (Å²) in [4.78, 5) is 18.2. The second kappa shape index (κ2) is 5.18. The lowest BCUT2D eigenvalue weighted by atomic mass is 10.4. The van der Waals surface area contributed by atoms with Gasteiger partial charge in [-0.3, -0.25) is 4.79 Å². The molecule has 0 saturated carbocycles. The number of aromatic nitrogens is 2. The Morgan fingerprint density at radius 1 is 1.44 bits per heavy atom. The Morgan fingerprint density at radius 2 is 2.22 bits per heavy atom. The molecule has 96 valence electrons. The topological polar surface area (TPSA) is 49.6 Å². The van der Waals surface area contributed by atoms with E-state index in [2.05, 4.69) is 10.3 Å². The van der Waals surface area contributed by atoms with Crippen molar-refractivity contribution in [3.8, 4) is 0 Å². The molecule has 2 aromatic heterocycles. The third kappa shape index (κ3) is 2.68. The van der Waals surface area contributed by atoms with Gasteiger partial charge in [-0.2, -0.15) is 0 Å². The van der Waals surface area contributed by atoms with Crippen LogP contribution in [0.5, 0.6) is 0 Å². The average Bonchev–Trinajstić information content (AvgIpc) is 2.74. The lowest BCUT2D eigenvalue weighted by Gasteiger charge is -2.09. The fourth-order valence-electron chi connectivity index (χ4n) is 1.74. The van der Waals surface area contributed by atoms with Crippen molar-refractivity contribution < 1.29 is 4.79 Å². The van der Waals surface area contributed by atoms with Crippen molar-refractivity contribution in [2.24, 2.45) is 0 Å². The number of amides is 1. The lowest BCUT2D eigenvalue weighted by molar-refractivity contribution is 0.0946. The summed E-state index contributed by atoms with van der Waals surface area (Å²) < 4.78 is 1.92. The molecule has 0 atom stereocenters. The molecule has 0 aromatic carbocycles. The SMILES string of the molecule is Cc1cccc2nc(C(=O)NCCN(C)C)cn12. The molecule has 0 radical (unpaired) electrons. The number of nitrogens with one attached hydrogen (secondary N) is 1. The maximum absolute atomic E-state index is 11.9. The van der Waals surface area contributed by atoms with E-state index in [-0.39, 0.29) is 5.91 Å². The molecule has 0 aliphatic carbocycles. The standard InChI is InChI=1S/C13H18N4O/c1-10-5-4-6-12-15-11(9-17(10)12)13(18)14-7-8-16(2)3/h4-6,9H,7-8H2,1-3H3,(H,14,18). The Hall–Kier alpha value is -1.88. The van der Waals surface area contributed by atoms with Crippen molar-refractivity contribution in [1.82, 2.24) is 19.6 Å². The molecule has 0 saturated heterocycles. The summed E-state index contributed by atoms with van der Waals surface area (Å²) in [7, 11) is 3.95. The monoisotopic (exact) mass is 246 g/mol. The molecule has 0 aliphatic rings. The predicted octanol–water partition coefficient (Wildman–Crippen LogP) is 0.934. The summed E-state index contributed by atoms with van der Waals surface area (Å²) in [6.07, 6.45) is 1.77. The average molecular weight is 246 g/mol. The number of rotatable bonds is 4. The molecule has 0 spiro atoms. The molecular formula is C13H18N4O. The molecule has 0 fully saturated rings. The second-order valence-electron chi connectivity index (χ2n) is 4.58. The van der Waals surface area contributed by atoms with E-state index in [0.29, 0.717) is 12.2 Å². The number of carbonyl (C=O) groups is 1. The maximum Gasteiger partial charge on any atom is 0.271 e. The van der Waals surface area contributed by atoms with Crippen LogP contribution >= 0.6 is 0 Å². The first-order valence-corrected chi connectivity index (χ1v) is 5.95. The van der Waals surface area contributed by atoms with Gasteiger partial charge in [-0.15, -0.1) is 0 Å². The first-order valence-electron chi connectivity index (χ1n) is 5.95. The molecule has 1 N–H and O–H groups in total. The third-order valence-corrected chi connectivity index (χ3v) is 2.77. The first kappa shape index (κ1) is 12.6. The van der Waals surface area contributed by atoms with Crippen molar-refractivity contribution in [1.29, 1.82) is 0 Å². The minimum absolute atomic E-state index is 0.125. The molecule has 1 amide bonds. The molecule has 0 bridgehead atoms. The van der Waals surface area contributed by atoms with Crippen LogP contribution in [0.3, 0.4) is 0 Å². The molecule has 0 aliphatic heterocycles. The van der Waals surface area contributed by atoms with Gasteiger partial charge in [-0.05, 0) is 33.2 Å². The zero-order valence-corrected chi connectivity index (χ0v) is 11.0. The van der Waals surface area contributed by atoms with Crippen molar-refractivity contribution >= 4 is 11.6 Å². The maximum atomic E-state index is 11.9. The minimum atomic E-state index is -0.125. The summed E-state index contributed by atoms with van der Waals surface area (Å²) in [6.45, 7) is 3.43. The largest absolute Gasteiger partial charge is 0.349 e. The van der Waals surface area contributed by atoms with Crippen LogP contribution in [0.15, 0.2) is 24.4 Å². The van der Waals surface area contributed by atoms with Crippen LogP contribution < -0.4 is 5.32 Å². The quantitative estimate of drug-likeness (QED) is 0.873. The van der Waals surface area contributed by atoms with Crippen LogP contribution in [-0.2, 0) is 0 Å². The van der Waals surface area contributed by atoms with E-state index in [1.165, 1.54) is 0 Å². The second-order valence-corrected chi connectivity index (χ2v) is 4.58. The van der Waals surface area contributed by atoms with Gasteiger partial charge in [0.05, 0.1) is 0 Å². The highest BCUT2D eigenvalue weighted by atomic mass is 16.1. The Bertz CT molecular complexity index is 559. The Kier molecular flexibility index (Phi) is 3.62. The van der Waals surface area contributed by atoms with Gasteiger partial charge in [-0.1, -0.05) is 6.07 Å². The van der Waals surface area contributed by atoms with Gasteiger partial charge in [0.1, 0.15) is 11.3 Å². The summed E-state index contributed by atoms with van der Waals surface area (Å²) >= 11 is 0. The minimum Gasteiger partial charge on any atom is -0.349 e. The predicted molar refractivity (Wildman–Crippen MR) is 70.8 cm³/mol. The van der Waals surface area contributed by atoms with Crippen LogP contribution in [0.4, 0.5) is 0 Å².